The summed E-state index contributed by atoms with van der Waals surface area (Å²) in [6.45, 7) is 0. The van der Waals surface area contributed by atoms with Crippen LogP contribution in [0.1, 0.15) is 10.4 Å². The van der Waals surface area contributed by atoms with E-state index in [-0.39, 0.29) is 10.5 Å². The highest BCUT2D eigenvalue weighted by molar-refractivity contribution is 7.90. The molecule has 0 atom stereocenters. The Hall–Kier alpha value is -2.09. The van der Waals surface area contributed by atoms with E-state index >= 15 is 0 Å². The number of carbonyl (C=O) groups excluding carboxylic acids is 2. The van der Waals surface area contributed by atoms with Crippen LogP contribution >= 0.6 is 0 Å². The van der Waals surface area contributed by atoms with Gasteiger partial charge in [0.25, 0.3) is 10.0 Å². The Balaban J connectivity index is 3.33. The van der Waals surface area contributed by atoms with Crippen molar-refractivity contribution in [3.63, 3.8) is 0 Å². The van der Waals surface area contributed by atoms with Crippen molar-refractivity contribution in [2.75, 3.05) is 0 Å². The molecule has 0 saturated heterocycles. The van der Waals surface area contributed by atoms with Crippen molar-refractivity contribution >= 4 is 22.0 Å². The van der Waals surface area contributed by atoms with Gasteiger partial charge in [-0.15, -0.1) is 0 Å². The van der Waals surface area contributed by atoms with E-state index in [2.05, 4.69) is 0 Å². The molecule has 1 aromatic carbocycles. The molecule has 16 heavy (non-hydrogen) atoms. The van der Waals surface area contributed by atoms with Gasteiger partial charge in [-0.1, -0.05) is 12.1 Å². The zero-order valence-electron chi connectivity index (χ0n) is 8.01. The number of hydrogen-bond acceptors (Lipinski definition) is 4. The topological polar surface area (TPSA) is 132 Å². The van der Waals surface area contributed by atoms with Gasteiger partial charge in [-0.2, -0.15) is 0 Å². The van der Waals surface area contributed by atoms with Gasteiger partial charge in [0, 0.05) is 0 Å². The average Bonchev–Trinajstić information content (AvgIpc) is 2.15. The van der Waals surface area contributed by atoms with Gasteiger partial charge in [-0.05, 0) is 12.1 Å². The van der Waals surface area contributed by atoms with Crippen LogP contribution in [0.25, 0.3) is 0 Å². The van der Waals surface area contributed by atoms with Crippen LogP contribution in [-0.4, -0.2) is 20.4 Å². The molecule has 0 radical (unpaired) electrons. The lowest BCUT2D eigenvalue weighted by atomic mass is 10.2. The highest BCUT2D eigenvalue weighted by atomic mass is 32.2. The maximum Gasteiger partial charge on any atom is 0.326 e. The fraction of sp³-hybridized carbons (Fsp3) is 0. The van der Waals surface area contributed by atoms with Gasteiger partial charge in [-0.25, -0.2) is 17.9 Å². The van der Waals surface area contributed by atoms with Gasteiger partial charge in [0.2, 0.25) is 5.91 Å². The molecule has 3 amide bonds. The van der Waals surface area contributed by atoms with E-state index in [0.717, 1.165) is 6.07 Å². The third-order valence-electron chi connectivity index (χ3n) is 1.68. The predicted molar refractivity (Wildman–Crippen MR) is 54.9 cm³/mol. The number of carbonyl (C=O) groups is 2. The number of amides is 3. The third kappa shape index (κ3) is 2.48. The summed E-state index contributed by atoms with van der Waals surface area (Å²) in [7, 11) is -4.16. The third-order valence-corrected chi connectivity index (χ3v) is 3.08. The van der Waals surface area contributed by atoms with Crippen LogP contribution in [-0.2, 0) is 10.0 Å². The summed E-state index contributed by atoms with van der Waals surface area (Å²) in [5.41, 5.74) is 9.48. The molecule has 1 aromatic rings. The molecule has 5 N–H and O–H groups in total. The summed E-state index contributed by atoms with van der Waals surface area (Å²) in [6, 6.07) is 3.98. The van der Waals surface area contributed by atoms with Crippen LogP contribution in [0, 0.1) is 0 Å². The Labute approximate surface area is 91.5 Å². The van der Waals surface area contributed by atoms with E-state index in [1.807, 2.05) is 0 Å². The zero-order chi connectivity index (χ0) is 12.3. The van der Waals surface area contributed by atoms with E-state index in [0.29, 0.717) is 0 Å². The number of sulfonamides is 1. The molecule has 0 bridgehead atoms. The van der Waals surface area contributed by atoms with Gasteiger partial charge in [0.15, 0.2) is 0 Å². The predicted octanol–water partition coefficient (Wildman–Crippen LogP) is -0.857. The molecular weight excluding hydrogens is 234 g/mol. The van der Waals surface area contributed by atoms with Crippen molar-refractivity contribution in [1.29, 1.82) is 0 Å². The molecular formula is C8H9N3O4S. The molecule has 0 saturated carbocycles. The second-order valence-corrected chi connectivity index (χ2v) is 4.48. The average molecular weight is 243 g/mol. The second-order valence-electron chi connectivity index (χ2n) is 2.83. The first kappa shape index (κ1) is 12.0. The number of nitrogens with one attached hydrogen (secondary N) is 1. The lowest BCUT2D eigenvalue weighted by Crippen LogP contribution is -2.36. The van der Waals surface area contributed by atoms with Crippen molar-refractivity contribution in [1.82, 2.24) is 4.72 Å². The summed E-state index contributed by atoms with van der Waals surface area (Å²) in [5.74, 6) is -0.912. The van der Waals surface area contributed by atoms with Gasteiger partial charge in [-0.3, -0.25) is 4.79 Å². The molecule has 0 fully saturated rings. The zero-order valence-corrected chi connectivity index (χ0v) is 8.82. The van der Waals surface area contributed by atoms with Crippen LogP contribution < -0.4 is 16.2 Å². The molecule has 86 valence electrons. The van der Waals surface area contributed by atoms with Gasteiger partial charge in [0.05, 0.1) is 5.56 Å². The maximum absolute atomic E-state index is 11.5. The van der Waals surface area contributed by atoms with Crippen molar-refractivity contribution in [3.8, 4) is 0 Å². The molecule has 0 aromatic heterocycles. The molecule has 0 unspecified atom stereocenters. The van der Waals surface area contributed by atoms with Crippen LogP contribution in [0.3, 0.4) is 0 Å². The van der Waals surface area contributed by atoms with Crippen molar-refractivity contribution in [3.05, 3.63) is 29.8 Å². The highest BCUT2D eigenvalue weighted by Crippen LogP contribution is 2.14. The van der Waals surface area contributed by atoms with E-state index in [1.165, 1.54) is 22.9 Å². The first-order valence-corrected chi connectivity index (χ1v) is 5.54. The Kier molecular flexibility index (Phi) is 3.14. The minimum Gasteiger partial charge on any atom is -0.366 e. The van der Waals surface area contributed by atoms with E-state index in [9.17, 15) is 18.0 Å². The first-order valence-electron chi connectivity index (χ1n) is 4.05. The second kappa shape index (κ2) is 4.19. The molecule has 7 nitrogen and oxygen atoms in total. The molecule has 0 aliphatic heterocycles. The van der Waals surface area contributed by atoms with Crippen LogP contribution in [0.15, 0.2) is 29.2 Å². The van der Waals surface area contributed by atoms with Crippen molar-refractivity contribution in [2.24, 2.45) is 11.5 Å². The van der Waals surface area contributed by atoms with Crippen LogP contribution in [0.5, 0.6) is 0 Å². The van der Waals surface area contributed by atoms with Crippen LogP contribution in [0.2, 0.25) is 0 Å². The number of nitrogens with two attached hydrogens (primary N) is 2. The number of primary amides is 2. The fourth-order valence-electron chi connectivity index (χ4n) is 1.09. The number of rotatable bonds is 3. The smallest absolute Gasteiger partial charge is 0.326 e. The minimum absolute atomic E-state index is 0.212. The SMILES string of the molecule is NC(=O)NS(=O)(=O)c1ccccc1C(N)=O. The summed E-state index contributed by atoms with van der Waals surface area (Å²) in [5, 5.41) is 0. The molecule has 0 spiro atoms. The lowest BCUT2D eigenvalue weighted by Gasteiger charge is -2.07. The Morgan fingerprint density at radius 3 is 2.19 bits per heavy atom. The summed E-state index contributed by atoms with van der Waals surface area (Å²) >= 11 is 0. The van der Waals surface area contributed by atoms with Crippen LogP contribution in [0.4, 0.5) is 4.79 Å². The Morgan fingerprint density at radius 2 is 1.69 bits per heavy atom. The van der Waals surface area contributed by atoms with E-state index in [1.54, 1.807) is 0 Å². The van der Waals surface area contributed by atoms with Crippen molar-refractivity contribution in [2.45, 2.75) is 4.90 Å². The number of urea groups is 1. The first-order chi connectivity index (χ1) is 7.34. The monoisotopic (exact) mass is 243 g/mol. The summed E-state index contributed by atoms with van der Waals surface area (Å²) in [4.78, 5) is 21.1. The lowest BCUT2D eigenvalue weighted by molar-refractivity contribution is 0.0997. The van der Waals surface area contributed by atoms with Crippen molar-refractivity contribution < 1.29 is 18.0 Å². The minimum atomic E-state index is -4.16. The molecule has 0 aliphatic carbocycles. The molecule has 8 heteroatoms. The van der Waals surface area contributed by atoms with E-state index in [4.69, 9.17) is 11.5 Å². The van der Waals surface area contributed by atoms with Gasteiger partial charge < -0.3 is 11.5 Å². The standard InChI is InChI=1S/C8H9N3O4S/c9-7(12)5-3-1-2-4-6(5)16(14,15)11-8(10)13/h1-4H,(H2,9,12)(H3,10,11,13). The summed E-state index contributed by atoms with van der Waals surface area (Å²) < 4.78 is 24.6. The number of hydrogen-bond donors (Lipinski definition) is 3. The highest BCUT2D eigenvalue weighted by Gasteiger charge is 2.21. The largest absolute Gasteiger partial charge is 0.366 e. The Bertz CT molecular complexity index is 538. The van der Waals surface area contributed by atoms with Gasteiger partial charge >= 0.3 is 6.03 Å². The molecule has 1 rings (SSSR count). The molecule has 0 aliphatic rings. The Morgan fingerprint density at radius 1 is 1.12 bits per heavy atom. The molecule has 0 heterocycles. The summed E-state index contributed by atoms with van der Waals surface area (Å²) in [6.07, 6.45) is 0. The maximum atomic E-state index is 11.5. The quantitative estimate of drug-likeness (QED) is 0.637. The number of benzene rings is 1. The van der Waals surface area contributed by atoms with Gasteiger partial charge in [0.1, 0.15) is 4.90 Å². The normalized spacial score (nSPS) is 10.8. The fourth-order valence-corrected chi connectivity index (χ4v) is 2.18. The van der Waals surface area contributed by atoms with E-state index < -0.39 is 22.0 Å².